The van der Waals surface area contributed by atoms with Crippen LogP contribution in [-0.2, 0) is 4.79 Å². The average molecular weight is 463 g/mol. The summed E-state index contributed by atoms with van der Waals surface area (Å²) in [7, 11) is 1.56. The lowest BCUT2D eigenvalue weighted by molar-refractivity contribution is -0.113. The van der Waals surface area contributed by atoms with E-state index < -0.39 is 0 Å². The first-order valence-electron chi connectivity index (χ1n) is 10.3. The van der Waals surface area contributed by atoms with Crippen LogP contribution in [0.2, 0.25) is 0 Å². The molecule has 0 fully saturated rings. The van der Waals surface area contributed by atoms with Crippen molar-refractivity contribution in [2.75, 3.05) is 18.2 Å². The van der Waals surface area contributed by atoms with Crippen molar-refractivity contribution in [3.8, 4) is 22.8 Å². The van der Waals surface area contributed by atoms with Crippen molar-refractivity contribution in [1.82, 2.24) is 14.8 Å². The highest BCUT2D eigenvalue weighted by Crippen LogP contribution is 2.30. The smallest absolute Gasteiger partial charge is 0.234 e. The number of rotatable bonds is 7. The van der Waals surface area contributed by atoms with E-state index in [1.165, 1.54) is 17.8 Å². The number of anilines is 1. The van der Waals surface area contributed by atoms with E-state index in [4.69, 9.17) is 4.74 Å². The molecular weight excluding hydrogens is 439 g/mol. The lowest BCUT2D eigenvalue weighted by Crippen LogP contribution is -2.15. The number of hydrogen-bond acceptors (Lipinski definition) is 5. The summed E-state index contributed by atoms with van der Waals surface area (Å²) >= 11 is 1.23. The Morgan fingerprint density at radius 3 is 2.48 bits per heavy atom. The Labute approximate surface area is 195 Å². The lowest BCUT2D eigenvalue weighted by Gasteiger charge is -2.12. The number of nitrogens with one attached hydrogen (secondary N) is 1. The van der Waals surface area contributed by atoms with Crippen LogP contribution in [0.25, 0.3) is 17.1 Å². The molecule has 0 spiro atoms. The van der Waals surface area contributed by atoms with E-state index in [0.717, 1.165) is 16.8 Å². The number of methoxy groups -OCH3 is 1. The summed E-state index contributed by atoms with van der Waals surface area (Å²) in [5.74, 6) is 0.455. The Morgan fingerprint density at radius 2 is 1.76 bits per heavy atom. The highest BCUT2D eigenvalue weighted by Gasteiger charge is 2.19. The maximum atomic E-state index is 14.5. The minimum absolute atomic E-state index is 0.0956. The molecule has 6 nitrogen and oxygen atoms in total. The number of carbonyl (C=O) groups excluding carboxylic acids is 1. The lowest BCUT2D eigenvalue weighted by atomic mass is 10.2. The number of carbonyl (C=O) groups is 1. The van der Waals surface area contributed by atoms with Crippen LogP contribution >= 0.6 is 11.8 Å². The Balaban J connectivity index is 1.62. The van der Waals surface area contributed by atoms with Gasteiger partial charge in [-0.05, 0) is 55.8 Å². The number of halogens is 1. The minimum Gasteiger partial charge on any atom is -0.495 e. The maximum Gasteiger partial charge on any atom is 0.234 e. The third-order valence-electron chi connectivity index (χ3n) is 5.00. The number of ether oxygens (including phenoxy) is 1. The summed E-state index contributed by atoms with van der Waals surface area (Å²) in [6.45, 7) is 3.94. The second-order valence-corrected chi connectivity index (χ2v) is 8.44. The Bertz CT molecular complexity index is 1290. The van der Waals surface area contributed by atoms with Gasteiger partial charge in [-0.15, -0.1) is 10.2 Å². The molecule has 168 valence electrons. The summed E-state index contributed by atoms with van der Waals surface area (Å²) in [6.07, 6.45) is 0. The monoisotopic (exact) mass is 462 g/mol. The summed E-state index contributed by atoms with van der Waals surface area (Å²) in [6, 6.07) is 19.8. The number of benzene rings is 3. The molecule has 0 aliphatic carbocycles. The third kappa shape index (κ3) is 5.06. The largest absolute Gasteiger partial charge is 0.495 e. The molecule has 0 saturated heterocycles. The molecule has 33 heavy (non-hydrogen) atoms. The molecule has 1 aromatic heterocycles. The van der Waals surface area contributed by atoms with Crippen LogP contribution in [0.5, 0.6) is 5.75 Å². The van der Waals surface area contributed by atoms with E-state index in [-0.39, 0.29) is 17.5 Å². The van der Waals surface area contributed by atoms with Gasteiger partial charge in [0.2, 0.25) is 5.91 Å². The fourth-order valence-corrected chi connectivity index (χ4v) is 4.09. The van der Waals surface area contributed by atoms with Gasteiger partial charge >= 0.3 is 0 Å². The van der Waals surface area contributed by atoms with E-state index in [1.807, 2.05) is 56.3 Å². The number of hydrogen-bond donors (Lipinski definition) is 1. The molecule has 0 aliphatic rings. The predicted octanol–water partition coefficient (Wildman–Crippen LogP) is 5.43. The SMILES string of the molecule is COc1ccc(C)cc1NC(=O)CSc1nnc(-c2ccccc2F)n1-c1ccc(C)cc1. The summed E-state index contributed by atoms with van der Waals surface area (Å²) in [5, 5.41) is 11.9. The highest BCUT2D eigenvalue weighted by molar-refractivity contribution is 7.99. The molecule has 3 aromatic carbocycles. The molecule has 0 bridgehead atoms. The van der Waals surface area contributed by atoms with Crippen LogP contribution in [0.3, 0.4) is 0 Å². The van der Waals surface area contributed by atoms with Gasteiger partial charge in [0.25, 0.3) is 0 Å². The van der Waals surface area contributed by atoms with Crippen molar-refractivity contribution in [3.05, 3.63) is 83.7 Å². The van der Waals surface area contributed by atoms with E-state index in [1.54, 1.807) is 29.9 Å². The zero-order valence-corrected chi connectivity index (χ0v) is 19.3. The number of aromatic nitrogens is 3. The molecule has 1 amide bonds. The minimum atomic E-state index is -0.390. The highest BCUT2D eigenvalue weighted by atomic mass is 32.2. The summed E-state index contributed by atoms with van der Waals surface area (Å²) in [4.78, 5) is 12.7. The molecule has 0 aliphatic heterocycles. The fourth-order valence-electron chi connectivity index (χ4n) is 3.34. The molecular formula is C25H23FN4O2S. The molecule has 0 radical (unpaired) electrons. The average Bonchev–Trinajstić information content (AvgIpc) is 3.22. The van der Waals surface area contributed by atoms with Crippen LogP contribution in [0.15, 0.2) is 71.9 Å². The van der Waals surface area contributed by atoms with Gasteiger partial charge in [-0.25, -0.2) is 4.39 Å². The first kappa shape index (κ1) is 22.5. The van der Waals surface area contributed by atoms with E-state index >= 15 is 0 Å². The van der Waals surface area contributed by atoms with E-state index in [2.05, 4.69) is 15.5 Å². The predicted molar refractivity (Wildman–Crippen MR) is 129 cm³/mol. The molecule has 0 unspecified atom stereocenters. The van der Waals surface area contributed by atoms with Crippen LogP contribution in [0, 0.1) is 19.7 Å². The second kappa shape index (κ2) is 9.87. The van der Waals surface area contributed by atoms with Gasteiger partial charge in [0.05, 0.1) is 24.1 Å². The Morgan fingerprint density at radius 1 is 1.03 bits per heavy atom. The van der Waals surface area contributed by atoms with Crippen LogP contribution < -0.4 is 10.1 Å². The van der Waals surface area contributed by atoms with Crippen LogP contribution in [0.1, 0.15) is 11.1 Å². The van der Waals surface area contributed by atoms with Gasteiger partial charge in [0, 0.05) is 5.69 Å². The van der Waals surface area contributed by atoms with Crippen LogP contribution in [-0.4, -0.2) is 33.5 Å². The quantitative estimate of drug-likeness (QED) is 0.371. The number of aryl methyl sites for hydroxylation is 2. The second-order valence-electron chi connectivity index (χ2n) is 7.50. The van der Waals surface area contributed by atoms with Crippen molar-refractivity contribution in [2.24, 2.45) is 0 Å². The van der Waals surface area contributed by atoms with Crippen molar-refractivity contribution in [2.45, 2.75) is 19.0 Å². The number of amides is 1. The third-order valence-corrected chi connectivity index (χ3v) is 5.93. The fraction of sp³-hybridized carbons (Fsp3) is 0.160. The van der Waals surface area contributed by atoms with Gasteiger partial charge in [0.15, 0.2) is 11.0 Å². The number of thioether (sulfide) groups is 1. The van der Waals surface area contributed by atoms with Crippen molar-refractivity contribution < 1.29 is 13.9 Å². The van der Waals surface area contributed by atoms with Gasteiger partial charge < -0.3 is 10.1 Å². The van der Waals surface area contributed by atoms with E-state index in [0.29, 0.717) is 28.0 Å². The van der Waals surface area contributed by atoms with Crippen LogP contribution in [0.4, 0.5) is 10.1 Å². The summed E-state index contributed by atoms with van der Waals surface area (Å²) < 4.78 is 21.6. The molecule has 4 aromatic rings. The number of nitrogens with zero attached hydrogens (tertiary/aromatic N) is 3. The van der Waals surface area contributed by atoms with Crippen molar-refractivity contribution in [1.29, 1.82) is 0 Å². The molecule has 0 atom stereocenters. The molecule has 1 heterocycles. The Hall–Kier alpha value is -3.65. The van der Waals surface area contributed by atoms with Gasteiger partial charge in [0.1, 0.15) is 11.6 Å². The molecule has 8 heteroatoms. The zero-order valence-electron chi connectivity index (χ0n) is 18.5. The Kier molecular flexibility index (Phi) is 6.74. The van der Waals surface area contributed by atoms with Crippen molar-refractivity contribution in [3.63, 3.8) is 0 Å². The maximum absolute atomic E-state index is 14.5. The van der Waals surface area contributed by atoms with Gasteiger partial charge in [-0.3, -0.25) is 9.36 Å². The molecule has 1 N–H and O–H groups in total. The standard InChI is InChI=1S/C25H23FN4O2S/c1-16-8-11-18(12-9-16)30-24(19-6-4-5-7-20(19)26)28-29-25(30)33-15-23(31)27-21-14-17(2)10-13-22(21)32-3/h4-14H,15H2,1-3H3,(H,27,31). The zero-order chi connectivity index (χ0) is 23.4. The van der Waals surface area contributed by atoms with Crippen molar-refractivity contribution >= 4 is 23.4 Å². The first-order valence-corrected chi connectivity index (χ1v) is 11.3. The molecule has 4 rings (SSSR count). The van der Waals surface area contributed by atoms with Gasteiger partial charge in [-0.2, -0.15) is 0 Å². The molecule has 0 saturated carbocycles. The first-order chi connectivity index (χ1) is 16.0. The van der Waals surface area contributed by atoms with E-state index in [9.17, 15) is 9.18 Å². The normalized spacial score (nSPS) is 10.8. The topological polar surface area (TPSA) is 69.0 Å². The summed E-state index contributed by atoms with van der Waals surface area (Å²) in [5.41, 5.74) is 3.83. The van der Waals surface area contributed by atoms with Gasteiger partial charge in [-0.1, -0.05) is 47.7 Å².